The molecule has 0 saturated heterocycles. The van der Waals surface area contributed by atoms with Crippen LogP contribution in [-0.4, -0.2) is 22.5 Å². The highest BCUT2D eigenvalue weighted by Gasteiger charge is 2.60. The summed E-state index contributed by atoms with van der Waals surface area (Å²) >= 11 is 2.00. The molecule has 20 heavy (non-hydrogen) atoms. The van der Waals surface area contributed by atoms with Gasteiger partial charge in [-0.05, 0) is 61.7 Å². The van der Waals surface area contributed by atoms with E-state index in [0.717, 1.165) is 17.7 Å². The van der Waals surface area contributed by atoms with E-state index in [2.05, 4.69) is 26.1 Å². The zero-order valence-corrected chi connectivity index (χ0v) is 14.0. The van der Waals surface area contributed by atoms with Crippen molar-refractivity contribution < 1.29 is 0 Å². The highest BCUT2D eigenvalue weighted by atomic mass is 32.2. The summed E-state index contributed by atoms with van der Waals surface area (Å²) in [6, 6.07) is 0. The van der Waals surface area contributed by atoms with Crippen molar-refractivity contribution in [3.63, 3.8) is 0 Å². The molecule has 1 aliphatic heterocycles. The van der Waals surface area contributed by atoms with Gasteiger partial charge in [0.15, 0.2) is 5.17 Å². The van der Waals surface area contributed by atoms with Gasteiger partial charge in [0, 0.05) is 10.8 Å². The molecule has 4 aliphatic carbocycles. The molecular formula is C17H28N2S. The Hall–Kier alpha value is -0.180. The van der Waals surface area contributed by atoms with Crippen LogP contribution in [0, 0.1) is 16.7 Å². The minimum atomic E-state index is 0.372. The quantitative estimate of drug-likeness (QED) is 0.824. The molecule has 2 nitrogen and oxygen atoms in total. The molecule has 3 unspecified atom stereocenters. The number of thioether (sulfide) groups is 1. The van der Waals surface area contributed by atoms with E-state index in [1.807, 2.05) is 11.8 Å². The molecule has 5 aliphatic rings. The lowest BCUT2D eigenvalue weighted by molar-refractivity contribution is -0.111. The molecule has 0 spiro atoms. The summed E-state index contributed by atoms with van der Waals surface area (Å²) in [6.07, 6.45) is 9.80. The summed E-state index contributed by atoms with van der Waals surface area (Å²) in [7, 11) is 0. The Morgan fingerprint density at radius 3 is 2.40 bits per heavy atom. The first-order valence-electron chi connectivity index (χ1n) is 8.41. The minimum Gasteiger partial charge on any atom is -0.359 e. The van der Waals surface area contributed by atoms with Crippen molar-refractivity contribution in [2.24, 2.45) is 21.7 Å². The Labute approximate surface area is 127 Å². The van der Waals surface area contributed by atoms with Crippen LogP contribution in [0.15, 0.2) is 4.99 Å². The van der Waals surface area contributed by atoms with Gasteiger partial charge in [0.2, 0.25) is 0 Å². The van der Waals surface area contributed by atoms with Gasteiger partial charge in [0.1, 0.15) is 0 Å². The first-order valence-corrected chi connectivity index (χ1v) is 9.29. The Morgan fingerprint density at radius 1 is 1.15 bits per heavy atom. The molecule has 5 rings (SSSR count). The van der Waals surface area contributed by atoms with E-state index in [1.54, 1.807) is 0 Å². The fourth-order valence-electron chi connectivity index (χ4n) is 6.51. The normalized spacial score (nSPS) is 53.2. The van der Waals surface area contributed by atoms with Crippen LogP contribution in [0.5, 0.6) is 0 Å². The van der Waals surface area contributed by atoms with Gasteiger partial charge >= 0.3 is 0 Å². The molecule has 4 fully saturated rings. The van der Waals surface area contributed by atoms with Crippen LogP contribution in [-0.2, 0) is 0 Å². The largest absolute Gasteiger partial charge is 0.359 e. The van der Waals surface area contributed by atoms with Gasteiger partial charge < -0.3 is 5.32 Å². The zero-order valence-electron chi connectivity index (χ0n) is 13.2. The average molecular weight is 292 g/mol. The summed E-state index contributed by atoms with van der Waals surface area (Å²) in [5, 5.41) is 5.93. The topological polar surface area (TPSA) is 24.4 Å². The average Bonchev–Trinajstić information content (AvgIpc) is 2.70. The third-order valence-corrected chi connectivity index (χ3v) is 7.44. The lowest BCUT2D eigenvalue weighted by Crippen LogP contribution is -2.64. The lowest BCUT2D eigenvalue weighted by Gasteiger charge is -2.65. The second-order valence-corrected chi connectivity index (χ2v) is 10.1. The van der Waals surface area contributed by atoms with Crippen LogP contribution in [0.25, 0.3) is 0 Å². The van der Waals surface area contributed by atoms with E-state index < -0.39 is 0 Å². The number of hydrogen-bond donors (Lipinski definition) is 1. The smallest absolute Gasteiger partial charge is 0.157 e. The first kappa shape index (κ1) is 13.5. The summed E-state index contributed by atoms with van der Waals surface area (Å²) in [4.78, 5) is 4.78. The molecule has 0 amide bonds. The molecule has 4 saturated carbocycles. The van der Waals surface area contributed by atoms with E-state index in [4.69, 9.17) is 4.99 Å². The molecule has 1 heterocycles. The molecule has 1 N–H and O–H groups in total. The van der Waals surface area contributed by atoms with Gasteiger partial charge in [-0.15, -0.1) is 0 Å². The molecule has 0 aromatic carbocycles. The van der Waals surface area contributed by atoms with E-state index in [1.165, 1.54) is 50.1 Å². The van der Waals surface area contributed by atoms with Gasteiger partial charge in [-0.1, -0.05) is 32.5 Å². The van der Waals surface area contributed by atoms with Crippen molar-refractivity contribution in [3.8, 4) is 0 Å². The molecular weight excluding hydrogens is 264 g/mol. The summed E-state index contributed by atoms with van der Waals surface area (Å²) in [5.41, 5.74) is 1.56. The molecule has 0 radical (unpaired) electrons. The standard InChI is InChI=1S/C17H28N2S/c1-4-13-8-18-14(20-13)19-17-7-12-5-15(2,10-17)9-16(3,6-12)11-17/h12-13H,4-11H2,1-3H3,(H,18,19). The van der Waals surface area contributed by atoms with Crippen molar-refractivity contribution in [2.75, 3.05) is 6.54 Å². The third kappa shape index (κ3) is 2.12. The summed E-state index contributed by atoms with van der Waals surface area (Å²) in [5.74, 6) is 0.961. The van der Waals surface area contributed by atoms with Crippen molar-refractivity contribution in [1.82, 2.24) is 5.32 Å². The van der Waals surface area contributed by atoms with Gasteiger partial charge in [-0.25, -0.2) is 0 Å². The predicted octanol–water partition coefficient (Wildman–Crippen LogP) is 4.21. The Kier molecular flexibility index (Phi) is 2.82. The maximum absolute atomic E-state index is 4.78. The Balaban J connectivity index is 1.56. The molecule has 3 atom stereocenters. The highest BCUT2D eigenvalue weighted by molar-refractivity contribution is 8.14. The number of nitrogens with one attached hydrogen (secondary N) is 1. The fourth-order valence-corrected chi connectivity index (χ4v) is 7.57. The van der Waals surface area contributed by atoms with Gasteiger partial charge in [-0.3, -0.25) is 4.99 Å². The van der Waals surface area contributed by atoms with Gasteiger partial charge in [0.25, 0.3) is 0 Å². The number of nitrogens with zero attached hydrogens (tertiary/aromatic N) is 1. The molecule has 3 heteroatoms. The van der Waals surface area contributed by atoms with E-state index in [-0.39, 0.29) is 0 Å². The SMILES string of the molecule is CCC1CN=C(NC23CC4CC(C)(CC(C)(C4)C2)C3)S1. The van der Waals surface area contributed by atoms with E-state index in [9.17, 15) is 0 Å². The van der Waals surface area contributed by atoms with Crippen LogP contribution >= 0.6 is 11.8 Å². The number of rotatable bonds is 2. The Bertz CT molecular complexity index is 440. The lowest BCUT2D eigenvalue weighted by atomic mass is 9.43. The molecule has 4 bridgehead atoms. The zero-order chi connectivity index (χ0) is 14.0. The summed E-state index contributed by atoms with van der Waals surface area (Å²) in [6.45, 7) is 8.40. The van der Waals surface area contributed by atoms with Crippen LogP contribution < -0.4 is 5.32 Å². The Morgan fingerprint density at radius 2 is 1.85 bits per heavy atom. The maximum atomic E-state index is 4.78. The second-order valence-electron chi connectivity index (χ2n) is 8.83. The van der Waals surface area contributed by atoms with Crippen molar-refractivity contribution in [3.05, 3.63) is 0 Å². The first-order chi connectivity index (χ1) is 9.42. The van der Waals surface area contributed by atoms with Crippen molar-refractivity contribution in [2.45, 2.75) is 76.5 Å². The van der Waals surface area contributed by atoms with Crippen LogP contribution in [0.4, 0.5) is 0 Å². The second kappa shape index (κ2) is 4.18. The molecule has 112 valence electrons. The highest BCUT2D eigenvalue weighted by Crippen LogP contribution is 2.66. The monoisotopic (exact) mass is 292 g/mol. The van der Waals surface area contributed by atoms with E-state index in [0.29, 0.717) is 16.4 Å². The molecule has 0 aromatic heterocycles. The molecule has 0 aromatic rings. The van der Waals surface area contributed by atoms with Crippen LogP contribution in [0.1, 0.15) is 65.7 Å². The van der Waals surface area contributed by atoms with E-state index >= 15 is 0 Å². The third-order valence-electron chi connectivity index (χ3n) is 6.17. The summed E-state index contributed by atoms with van der Waals surface area (Å²) < 4.78 is 0. The van der Waals surface area contributed by atoms with Gasteiger partial charge in [0.05, 0.1) is 6.54 Å². The fraction of sp³-hybridized carbons (Fsp3) is 0.941. The number of hydrogen-bond acceptors (Lipinski definition) is 3. The van der Waals surface area contributed by atoms with Gasteiger partial charge in [-0.2, -0.15) is 0 Å². The van der Waals surface area contributed by atoms with Crippen LogP contribution in [0.2, 0.25) is 0 Å². The number of amidine groups is 1. The van der Waals surface area contributed by atoms with Crippen molar-refractivity contribution in [1.29, 1.82) is 0 Å². The maximum Gasteiger partial charge on any atom is 0.157 e. The van der Waals surface area contributed by atoms with Crippen molar-refractivity contribution >= 4 is 16.9 Å². The van der Waals surface area contributed by atoms with Crippen LogP contribution in [0.3, 0.4) is 0 Å². The number of aliphatic imine (C=N–C) groups is 1. The minimum absolute atomic E-state index is 0.372. The predicted molar refractivity (Wildman–Crippen MR) is 87.2 cm³/mol.